The van der Waals surface area contributed by atoms with Crippen LogP contribution in [0.3, 0.4) is 0 Å². The summed E-state index contributed by atoms with van der Waals surface area (Å²) in [6.07, 6.45) is -0.966. The average molecular weight is 233 g/mol. The van der Waals surface area contributed by atoms with Gasteiger partial charge < -0.3 is 10.3 Å². The molecule has 1 aromatic rings. The highest BCUT2D eigenvalue weighted by molar-refractivity contribution is 5.18. The van der Waals surface area contributed by atoms with Crippen LogP contribution in [0.2, 0.25) is 0 Å². The first-order valence-corrected chi connectivity index (χ1v) is 5.33. The fourth-order valence-electron chi connectivity index (χ4n) is 2.25. The summed E-state index contributed by atoms with van der Waals surface area (Å²) in [4.78, 5) is 3.47. The Kier molecular flexibility index (Phi) is 2.92. The molecule has 1 unspecified atom stereocenters. The molecule has 0 saturated carbocycles. The van der Waals surface area contributed by atoms with Gasteiger partial charge >= 0.3 is 6.18 Å². The fourth-order valence-corrected chi connectivity index (χ4v) is 2.25. The molecule has 16 heavy (non-hydrogen) atoms. The summed E-state index contributed by atoms with van der Waals surface area (Å²) in [7, 11) is 0. The molecule has 90 valence electrons. The summed E-state index contributed by atoms with van der Waals surface area (Å²) < 4.78 is 39.3. The van der Waals surface area contributed by atoms with Crippen molar-refractivity contribution in [3.63, 3.8) is 0 Å². The Hall–Kier alpha value is -1.04. The van der Waals surface area contributed by atoms with Crippen LogP contribution in [0.25, 0.3) is 0 Å². The number of aromatic nitrogens is 2. The largest absolute Gasteiger partial charge is 0.435 e. The second kappa shape index (κ2) is 4.08. The van der Waals surface area contributed by atoms with E-state index in [9.17, 15) is 13.2 Å². The van der Waals surface area contributed by atoms with Gasteiger partial charge in [0, 0.05) is 12.2 Å². The molecular weight excluding hydrogens is 219 g/mol. The number of halogens is 3. The lowest BCUT2D eigenvalue weighted by atomic mass is 9.94. The average Bonchev–Trinajstić information content (AvgIpc) is 2.60. The Morgan fingerprint density at radius 3 is 2.88 bits per heavy atom. The minimum absolute atomic E-state index is 0.320. The highest BCUT2D eigenvalue weighted by Gasteiger charge is 2.38. The maximum atomic E-state index is 12.6. The summed E-state index contributed by atoms with van der Waals surface area (Å²) in [5, 5.41) is 0. The van der Waals surface area contributed by atoms with Gasteiger partial charge in [0.25, 0.3) is 0 Å². The van der Waals surface area contributed by atoms with E-state index in [1.807, 2.05) is 0 Å². The van der Waals surface area contributed by atoms with Crippen molar-refractivity contribution < 1.29 is 13.2 Å². The lowest BCUT2D eigenvalue weighted by molar-refractivity contribution is -0.141. The van der Waals surface area contributed by atoms with Gasteiger partial charge in [-0.1, -0.05) is 0 Å². The van der Waals surface area contributed by atoms with Crippen molar-refractivity contribution in [2.75, 3.05) is 6.54 Å². The monoisotopic (exact) mass is 233 g/mol. The van der Waals surface area contributed by atoms with Crippen LogP contribution >= 0.6 is 0 Å². The zero-order valence-electron chi connectivity index (χ0n) is 8.80. The van der Waals surface area contributed by atoms with Gasteiger partial charge in [-0.2, -0.15) is 13.2 Å². The molecule has 1 atom stereocenters. The highest BCUT2D eigenvalue weighted by atomic mass is 19.4. The van der Waals surface area contributed by atoms with Crippen LogP contribution in [-0.2, 0) is 19.1 Å². The number of alkyl halides is 3. The van der Waals surface area contributed by atoms with Gasteiger partial charge in [-0.05, 0) is 31.7 Å². The summed E-state index contributed by atoms with van der Waals surface area (Å²) in [5.74, 6) is 0.382. The van der Waals surface area contributed by atoms with Gasteiger partial charge in [-0.15, -0.1) is 0 Å². The van der Waals surface area contributed by atoms with Crippen molar-refractivity contribution in [3.05, 3.63) is 17.7 Å². The zero-order valence-corrected chi connectivity index (χ0v) is 8.80. The van der Waals surface area contributed by atoms with Crippen molar-refractivity contribution in [2.45, 2.75) is 32.0 Å². The molecule has 0 spiro atoms. The number of rotatable bonds is 2. The van der Waals surface area contributed by atoms with Gasteiger partial charge in [-0.3, -0.25) is 0 Å². The molecule has 0 radical (unpaired) electrons. The van der Waals surface area contributed by atoms with E-state index in [4.69, 9.17) is 5.73 Å². The van der Waals surface area contributed by atoms with E-state index in [0.717, 1.165) is 12.8 Å². The lowest BCUT2D eigenvalue weighted by Gasteiger charge is -2.24. The van der Waals surface area contributed by atoms with Crippen LogP contribution in [0.5, 0.6) is 0 Å². The maximum Gasteiger partial charge on any atom is 0.435 e. The molecule has 0 fully saturated rings. The van der Waals surface area contributed by atoms with Crippen molar-refractivity contribution in [3.8, 4) is 0 Å². The lowest BCUT2D eigenvalue weighted by Crippen LogP contribution is -2.23. The standard InChI is InChI=1S/C10H14F3N3/c11-10(12,13)9-8-2-1-7(3-4-14)5-16(8)6-15-9/h6-7H,1-5,14H2. The van der Waals surface area contributed by atoms with E-state index in [0.29, 0.717) is 31.1 Å². The van der Waals surface area contributed by atoms with Crippen molar-refractivity contribution in [1.82, 2.24) is 9.55 Å². The van der Waals surface area contributed by atoms with E-state index in [-0.39, 0.29) is 0 Å². The Bertz CT molecular complexity index is 370. The molecular formula is C10H14F3N3. The van der Waals surface area contributed by atoms with Gasteiger partial charge in [-0.25, -0.2) is 4.98 Å². The van der Waals surface area contributed by atoms with Crippen molar-refractivity contribution in [2.24, 2.45) is 11.7 Å². The smallest absolute Gasteiger partial charge is 0.334 e. The third-order valence-electron chi connectivity index (χ3n) is 3.03. The number of hydrogen-bond donors (Lipinski definition) is 1. The first-order chi connectivity index (χ1) is 7.52. The van der Waals surface area contributed by atoms with Gasteiger partial charge in [0.05, 0.1) is 6.33 Å². The van der Waals surface area contributed by atoms with Crippen LogP contribution in [0.1, 0.15) is 24.2 Å². The van der Waals surface area contributed by atoms with Crippen molar-refractivity contribution in [1.29, 1.82) is 0 Å². The molecule has 0 saturated heterocycles. The Labute approximate surface area is 91.5 Å². The quantitative estimate of drug-likeness (QED) is 0.846. The molecule has 0 amide bonds. The second-order valence-electron chi connectivity index (χ2n) is 4.17. The van der Waals surface area contributed by atoms with Crippen LogP contribution in [0, 0.1) is 5.92 Å². The number of fused-ring (bicyclic) bond motifs is 1. The molecule has 3 nitrogen and oxygen atoms in total. The molecule has 2 heterocycles. The topological polar surface area (TPSA) is 43.8 Å². The van der Waals surface area contributed by atoms with E-state index in [2.05, 4.69) is 4.98 Å². The SMILES string of the molecule is NCCC1CCc2c(C(F)(F)F)ncn2C1. The predicted molar refractivity (Wildman–Crippen MR) is 52.7 cm³/mol. The summed E-state index contributed by atoms with van der Waals surface area (Å²) >= 11 is 0. The Morgan fingerprint density at radius 1 is 1.50 bits per heavy atom. The number of nitrogens with two attached hydrogens (primary N) is 1. The molecule has 1 aromatic heterocycles. The fraction of sp³-hybridized carbons (Fsp3) is 0.700. The molecule has 2 N–H and O–H groups in total. The molecule has 0 bridgehead atoms. The van der Waals surface area contributed by atoms with Gasteiger partial charge in [0.1, 0.15) is 0 Å². The molecule has 6 heteroatoms. The molecule has 1 aliphatic rings. The molecule has 0 aromatic carbocycles. The highest BCUT2D eigenvalue weighted by Crippen LogP contribution is 2.34. The number of hydrogen-bond acceptors (Lipinski definition) is 2. The van der Waals surface area contributed by atoms with E-state index in [1.165, 1.54) is 6.33 Å². The Morgan fingerprint density at radius 2 is 2.25 bits per heavy atom. The first kappa shape index (κ1) is 11.4. The second-order valence-corrected chi connectivity index (χ2v) is 4.17. The van der Waals surface area contributed by atoms with Crippen molar-refractivity contribution >= 4 is 0 Å². The summed E-state index contributed by atoms with van der Waals surface area (Å²) in [5.41, 5.74) is 5.05. The normalized spacial score (nSPS) is 20.9. The van der Waals surface area contributed by atoms with Crippen LogP contribution in [-0.4, -0.2) is 16.1 Å². The third kappa shape index (κ3) is 2.07. The van der Waals surface area contributed by atoms with Crippen LogP contribution in [0.4, 0.5) is 13.2 Å². The maximum absolute atomic E-state index is 12.6. The minimum atomic E-state index is -4.33. The molecule has 0 aliphatic carbocycles. The molecule has 1 aliphatic heterocycles. The number of nitrogens with zero attached hydrogens (tertiary/aromatic N) is 2. The van der Waals surface area contributed by atoms with Crippen LogP contribution < -0.4 is 5.73 Å². The van der Waals surface area contributed by atoms with E-state index in [1.54, 1.807) is 4.57 Å². The van der Waals surface area contributed by atoms with Gasteiger partial charge in [0.15, 0.2) is 5.69 Å². The summed E-state index contributed by atoms with van der Waals surface area (Å²) in [6, 6.07) is 0. The van der Waals surface area contributed by atoms with Gasteiger partial charge in [0.2, 0.25) is 0 Å². The predicted octanol–water partition coefficient (Wildman–Crippen LogP) is 1.81. The first-order valence-electron chi connectivity index (χ1n) is 5.33. The molecule has 2 rings (SSSR count). The van der Waals surface area contributed by atoms with E-state index >= 15 is 0 Å². The third-order valence-corrected chi connectivity index (χ3v) is 3.03. The zero-order chi connectivity index (χ0) is 11.8. The van der Waals surface area contributed by atoms with E-state index < -0.39 is 11.9 Å². The Balaban J connectivity index is 2.20. The number of imidazole rings is 1. The summed E-state index contributed by atoms with van der Waals surface area (Å²) in [6.45, 7) is 1.19. The van der Waals surface area contributed by atoms with Crippen LogP contribution in [0.15, 0.2) is 6.33 Å². The minimum Gasteiger partial charge on any atom is -0.334 e.